The molecule has 0 bridgehead atoms. The fourth-order valence-electron chi connectivity index (χ4n) is 5.87. The number of phenolic OH excluding ortho intramolecular Hbond substituents is 2. The first kappa shape index (κ1) is 22.2. The number of para-hydroxylation sites is 1. The van der Waals surface area contributed by atoms with E-state index in [1.54, 1.807) is 30.3 Å². The van der Waals surface area contributed by atoms with Crippen LogP contribution in [0.25, 0.3) is 0 Å². The van der Waals surface area contributed by atoms with Crippen molar-refractivity contribution in [3.8, 4) is 11.5 Å². The Morgan fingerprint density at radius 2 is 1.61 bits per heavy atom. The van der Waals surface area contributed by atoms with Crippen LogP contribution in [-0.2, 0) is 32.9 Å². The molecule has 3 aromatic carbocycles. The summed E-state index contributed by atoms with van der Waals surface area (Å²) in [5, 5.41) is 25.8. The van der Waals surface area contributed by atoms with E-state index in [-0.39, 0.29) is 24.5 Å². The highest BCUT2D eigenvalue weighted by Gasteiger charge is 2.70. The van der Waals surface area contributed by atoms with Crippen molar-refractivity contribution in [3.63, 3.8) is 0 Å². The zero-order valence-corrected chi connectivity index (χ0v) is 18.9. The van der Waals surface area contributed by atoms with Crippen LogP contribution in [0.5, 0.6) is 11.5 Å². The van der Waals surface area contributed by atoms with Gasteiger partial charge in [-0.25, -0.2) is 4.39 Å². The lowest BCUT2D eigenvalue weighted by Crippen LogP contribution is -2.53. The molecule has 9 heteroatoms. The average Bonchev–Trinajstić information content (AvgIpc) is 3.43. The topological polar surface area (TPSA) is 119 Å². The Labute approximate surface area is 205 Å². The monoisotopic (exact) mass is 487 g/mol. The van der Waals surface area contributed by atoms with E-state index in [2.05, 4.69) is 10.6 Å². The quantitative estimate of drug-likeness (QED) is 0.332. The van der Waals surface area contributed by atoms with Crippen molar-refractivity contribution in [3.05, 3.63) is 89.2 Å². The number of imide groups is 1. The Morgan fingerprint density at radius 3 is 2.36 bits per heavy atom. The third-order valence-electron chi connectivity index (χ3n) is 7.46. The Balaban J connectivity index is 1.43. The van der Waals surface area contributed by atoms with Gasteiger partial charge in [-0.05, 0) is 47.9 Å². The SMILES string of the molecule is O=C1[C@@H]2[C@H](Cc3ccc(O)c(O)c3)N[C@]3(C(=O)Nc4ccccc43)[C@@H]2C(=O)N1Cc1ccc(F)cc1. The molecule has 4 atom stereocenters. The third kappa shape index (κ3) is 3.12. The predicted octanol–water partition coefficient (Wildman–Crippen LogP) is 2.40. The second-order valence-electron chi connectivity index (χ2n) is 9.48. The largest absolute Gasteiger partial charge is 0.504 e. The molecule has 8 nitrogen and oxygen atoms in total. The molecular formula is C27H22FN3O5. The first-order valence-corrected chi connectivity index (χ1v) is 11.6. The number of aromatic hydroxyl groups is 2. The smallest absolute Gasteiger partial charge is 0.250 e. The number of fused-ring (bicyclic) bond motifs is 4. The number of nitrogens with one attached hydrogen (secondary N) is 2. The molecule has 0 saturated carbocycles. The van der Waals surface area contributed by atoms with Crippen LogP contribution in [0.2, 0.25) is 0 Å². The molecule has 2 fully saturated rings. The van der Waals surface area contributed by atoms with Crippen molar-refractivity contribution < 1.29 is 29.0 Å². The van der Waals surface area contributed by atoms with Gasteiger partial charge in [0.05, 0.1) is 18.4 Å². The summed E-state index contributed by atoms with van der Waals surface area (Å²) in [7, 11) is 0. The Morgan fingerprint density at radius 1 is 0.889 bits per heavy atom. The lowest BCUT2D eigenvalue weighted by atomic mass is 9.76. The summed E-state index contributed by atoms with van der Waals surface area (Å²) in [6, 6.07) is 16.4. The number of carbonyl (C=O) groups is 3. The normalized spacial score (nSPS) is 26.4. The number of hydrogen-bond acceptors (Lipinski definition) is 6. The van der Waals surface area contributed by atoms with Crippen molar-refractivity contribution in [2.75, 3.05) is 5.32 Å². The third-order valence-corrected chi connectivity index (χ3v) is 7.46. The summed E-state index contributed by atoms with van der Waals surface area (Å²) >= 11 is 0. The van der Waals surface area contributed by atoms with Gasteiger partial charge in [0.25, 0.3) is 0 Å². The standard InChI is InChI=1S/C27H22FN3O5/c28-16-8-5-14(6-9-16)13-31-24(34)22-19(11-15-7-10-20(32)21(33)12-15)30-27(23(22)25(31)35)17-3-1-2-4-18(17)29-26(27)36/h1-10,12,19,22-23,30,32-33H,11,13H2,(H,29,36)/t19-,22+,23-,27-/m0/s1. The number of phenols is 2. The number of benzene rings is 3. The molecule has 0 aromatic heterocycles. The molecule has 4 N–H and O–H groups in total. The van der Waals surface area contributed by atoms with Crippen molar-refractivity contribution in [1.82, 2.24) is 10.2 Å². The van der Waals surface area contributed by atoms with Gasteiger partial charge in [0.1, 0.15) is 11.4 Å². The maximum atomic E-state index is 13.8. The first-order chi connectivity index (χ1) is 17.3. The predicted molar refractivity (Wildman–Crippen MR) is 126 cm³/mol. The van der Waals surface area contributed by atoms with Crippen molar-refractivity contribution in [2.24, 2.45) is 11.8 Å². The first-order valence-electron chi connectivity index (χ1n) is 11.6. The van der Waals surface area contributed by atoms with Crippen LogP contribution >= 0.6 is 0 Å². The van der Waals surface area contributed by atoms with Gasteiger partial charge in [-0.1, -0.05) is 36.4 Å². The Bertz CT molecular complexity index is 1430. The van der Waals surface area contributed by atoms with Gasteiger partial charge in [0.15, 0.2) is 11.5 Å². The minimum absolute atomic E-state index is 0.0307. The van der Waals surface area contributed by atoms with E-state index in [9.17, 15) is 29.0 Å². The summed E-state index contributed by atoms with van der Waals surface area (Å²) in [4.78, 5) is 42.2. The summed E-state index contributed by atoms with van der Waals surface area (Å²) in [6.07, 6.45) is 0.232. The van der Waals surface area contributed by atoms with Crippen LogP contribution in [0.3, 0.4) is 0 Å². The molecule has 0 radical (unpaired) electrons. The maximum absolute atomic E-state index is 13.8. The van der Waals surface area contributed by atoms with Crippen LogP contribution in [0.15, 0.2) is 66.7 Å². The number of anilines is 1. The number of halogens is 1. The lowest BCUT2D eigenvalue weighted by Gasteiger charge is -2.29. The van der Waals surface area contributed by atoms with Gasteiger partial charge in [-0.2, -0.15) is 0 Å². The number of hydrogen-bond donors (Lipinski definition) is 4. The van der Waals surface area contributed by atoms with Gasteiger partial charge in [0, 0.05) is 17.3 Å². The van der Waals surface area contributed by atoms with Crippen LogP contribution in [0.4, 0.5) is 10.1 Å². The summed E-state index contributed by atoms with van der Waals surface area (Å²) in [5.74, 6) is -4.10. The highest BCUT2D eigenvalue weighted by Crippen LogP contribution is 2.53. The van der Waals surface area contributed by atoms with Crippen LogP contribution in [-0.4, -0.2) is 38.9 Å². The molecule has 182 valence electrons. The molecule has 2 saturated heterocycles. The van der Waals surface area contributed by atoms with Gasteiger partial charge >= 0.3 is 0 Å². The zero-order chi connectivity index (χ0) is 25.2. The highest BCUT2D eigenvalue weighted by molar-refractivity contribution is 6.15. The van der Waals surface area contributed by atoms with Crippen LogP contribution < -0.4 is 10.6 Å². The number of likely N-dealkylation sites (tertiary alicyclic amines) is 1. The van der Waals surface area contributed by atoms with Gasteiger partial charge in [-0.3, -0.25) is 24.6 Å². The lowest BCUT2D eigenvalue weighted by molar-refractivity contribution is -0.143. The van der Waals surface area contributed by atoms with Gasteiger partial charge in [0.2, 0.25) is 17.7 Å². The number of nitrogens with zero attached hydrogens (tertiary/aromatic N) is 1. The summed E-state index contributed by atoms with van der Waals surface area (Å²) < 4.78 is 13.4. The molecule has 3 aliphatic rings. The molecule has 3 heterocycles. The molecule has 1 spiro atoms. The molecule has 36 heavy (non-hydrogen) atoms. The Kier molecular flexibility index (Phi) is 4.87. The fraction of sp³-hybridized carbons (Fsp3) is 0.222. The van der Waals surface area contributed by atoms with E-state index >= 15 is 0 Å². The van der Waals surface area contributed by atoms with Crippen molar-refractivity contribution in [1.29, 1.82) is 0 Å². The molecule has 3 aliphatic heterocycles. The minimum atomic E-state index is -1.44. The van der Waals surface area contributed by atoms with E-state index < -0.39 is 47.0 Å². The second kappa shape index (κ2) is 7.89. The molecule has 0 unspecified atom stereocenters. The van der Waals surface area contributed by atoms with E-state index in [0.29, 0.717) is 22.4 Å². The fourth-order valence-corrected chi connectivity index (χ4v) is 5.87. The van der Waals surface area contributed by atoms with Crippen LogP contribution in [0.1, 0.15) is 16.7 Å². The molecule has 3 amide bonds. The van der Waals surface area contributed by atoms with E-state index in [1.165, 1.54) is 36.4 Å². The minimum Gasteiger partial charge on any atom is -0.504 e. The van der Waals surface area contributed by atoms with Crippen molar-refractivity contribution >= 4 is 23.4 Å². The van der Waals surface area contributed by atoms with Crippen LogP contribution in [0, 0.1) is 17.7 Å². The average molecular weight is 487 g/mol. The van der Waals surface area contributed by atoms with E-state index in [1.807, 2.05) is 0 Å². The molecular weight excluding hydrogens is 465 g/mol. The van der Waals surface area contributed by atoms with Crippen molar-refractivity contribution in [2.45, 2.75) is 24.5 Å². The van der Waals surface area contributed by atoms with E-state index in [4.69, 9.17) is 0 Å². The maximum Gasteiger partial charge on any atom is 0.250 e. The molecule has 6 rings (SSSR count). The van der Waals surface area contributed by atoms with Gasteiger partial charge < -0.3 is 15.5 Å². The zero-order valence-electron chi connectivity index (χ0n) is 18.9. The second-order valence-corrected chi connectivity index (χ2v) is 9.48. The Hall–Kier alpha value is -4.24. The number of amides is 3. The summed E-state index contributed by atoms with van der Waals surface area (Å²) in [6.45, 7) is -0.0307. The van der Waals surface area contributed by atoms with E-state index in [0.717, 1.165) is 4.90 Å². The van der Waals surface area contributed by atoms with Gasteiger partial charge in [-0.15, -0.1) is 0 Å². The number of rotatable bonds is 4. The molecule has 0 aliphatic carbocycles. The molecule has 3 aromatic rings. The summed E-state index contributed by atoms with van der Waals surface area (Å²) in [5.41, 5.74) is 0.966. The highest BCUT2D eigenvalue weighted by atomic mass is 19.1. The number of carbonyl (C=O) groups excluding carboxylic acids is 3.